The normalized spacial score (nSPS) is 24.3. The monoisotopic (exact) mass is 235 g/mol. The summed E-state index contributed by atoms with van der Waals surface area (Å²) < 4.78 is 5.38. The van der Waals surface area contributed by atoms with Gasteiger partial charge in [-0.05, 0) is 38.0 Å². The number of phenols is 1. The molecule has 4 nitrogen and oxygen atoms in total. The third-order valence-electron chi connectivity index (χ3n) is 2.96. The van der Waals surface area contributed by atoms with E-state index in [2.05, 4.69) is 5.32 Å². The molecule has 0 spiro atoms. The van der Waals surface area contributed by atoms with Crippen molar-refractivity contribution in [2.45, 2.75) is 25.3 Å². The van der Waals surface area contributed by atoms with Gasteiger partial charge >= 0.3 is 0 Å². The third kappa shape index (κ3) is 2.97. The molecule has 1 unspecified atom stereocenters. The van der Waals surface area contributed by atoms with Crippen molar-refractivity contribution in [3.05, 3.63) is 29.8 Å². The van der Waals surface area contributed by atoms with Gasteiger partial charge in [-0.3, -0.25) is 4.79 Å². The van der Waals surface area contributed by atoms with Crippen LogP contribution >= 0.6 is 0 Å². The van der Waals surface area contributed by atoms with Crippen LogP contribution in [0, 0.1) is 0 Å². The van der Waals surface area contributed by atoms with E-state index in [9.17, 15) is 9.90 Å². The molecule has 1 saturated heterocycles. The van der Waals surface area contributed by atoms with Crippen molar-refractivity contribution in [2.75, 3.05) is 13.2 Å². The van der Waals surface area contributed by atoms with Crippen LogP contribution in [0.25, 0.3) is 0 Å². The molecule has 1 aromatic rings. The van der Waals surface area contributed by atoms with Gasteiger partial charge in [0.05, 0.1) is 12.1 Å². The number of aromatic hydroxyl groups is 1. The molecule has 0 bridgehead atoms. The van der Waals surface area contributed by atoms with Crippen molar-refractivity contribution in [1.29, 1.82) is 0 Å². The van der Waals surface area contributed by atoms with Gasteiger partial charge in [0.1, 0.15) is 5.75 Å². The number of rotatable bonds is 2. The molecule has 1 fully saturated rings. The first-order chi connectivity index (χ1) is 8.09. The number of hydrogen-bond acceptors (Lipinski definition) is 3. The van der Waals surface area contributed by atoms with Gasteiger partial charge in [-0.15, -0.1) is 0 Å². The van der Waals surface area contributed by atoms with E-state index in [1.807, 2.05) is 6.92 Å². The lowest BCUT2D eigenvalue weighted by molar-refractivity contribution is 0.0272. The second kappa shape index (κ2) is 4.75. The van der Waals surface area contributed by atoms with Crippen LogP contribution in [0.1, 0.15) is 30.1 Å². The molecule has 1 atom stereocenters. The highest BCUT2D eigenvalue weighted by Gasteiger charge is 2.29. The molecular weight excluding hydrogens is 218 g/mol. The number of amides is 1. The molecule has 1 aliphatic heterocycles. The largest absolute Gasteiger partial charge is 0.508 e. The first kappa shape index (κ1) is 11.9. The van der Waals surface area contributed by atoms with Gasteiger partial charge in [-0.25, -0.2) is 0 Å². The summed E-state index contributed by atoms with van der Waals surface area (Å²) in [6.45, 7) is 3.28. The number of nitrogens with one attached hydrogen (secondary N) is 1. The average Bonchev–Trinajstić information content (AvgIpc) is 2.29. The highest BCUT2D eigenvalue weighted by atomic mass is 16.5. The van der Waals surface area contributed by atoms with Crippen LogP contribution < -0.4 is 5.32 Å². The van der Waals surface area contributed by atoms with Gasteiger partial charge in [-0.1, -0.05) is 6.07 Å². The van der Waals surface area contributed by atoms with E-state index in [1.165, 1.54) is 6.07 Å². The smallest absolute Gasteiger partial charge is 0.251 e. The first-order valence-electron chi connectivity index (χ1n) is 5.78. The molecule has 2 N–H and O–H groups in total. The fourth-order valence-corrected chi connectivity index (χ4v) is 2.03. The zero-order valence-corrected chi connectivity index (χ0v) is 9.90. The summed E-state index contributed by atoms with van der Waals surface area (Å²) in [6, 6.07) is 6.34. The summed E-state index contributed by atoms with van der Waals surface area (Å²) in [5, 5.41) is 12.3. The Morgan fingerprint density at radius 3 is 3.00 bits per heavy atom. The number of ether oxygens (including phenoxy) is 1. The van der Waals surface area contributed by atoms with Gasteiger partial charge in [0.15, 0.2) is 0 Å². The van der Waals surface area contributed by atoms with Gasteiger partial charge in [-0.2, -0.15) is 0 Å². The molecule has 0 radical (unpaired) electrons. The molecule has 1 aliphatic rings. The Labute approximate surface area is 101 Å². The van der Waals surface area contributed by atoms with E-state index < -0.39 is 0 Å². The van der Waals surface area contributed by atoms with E-state index >= 15 is 0 Å². The van der Waals surface area contributed by atoms with Gasteiger partial charge in [0.2, 0.25) is 0 Å². The molecule has 0 saturated carbocycles. The van der Waals surface area contributed by atoms with E-state index in [-0.39, 0.29) is 17.2 Å². The van der Waals surface area contributed by atoms with Gasteiger partial charge in [0.25, 0.3) is 5.91 Å². The fourth-order valence-electron chi connectivity index (χ4n) is 2.03. The molecule has 0 aliphatic carbocycles. The summed E-state index contributed by atoms with van der Waals surface area (Å²) in [5.41, 5.74) is 0.164. The maximum Gasteiger partial charge on any atom is 0.251 e. The SMILES string of the molecule is CC1(NC(=O)c2cccc(O)c2)CCCOC1. The summed E-state index contributed by atoms with van der Waals surface area (Å²) in [7, 11) is 0. The molecule has 1 amide bonds. The second-order valence-electron chi connectivity index (χ2n) is 4.72. The van der Waals surface area contributed by atoms with Crippen molar-refractivity contribution < 1.29 is 14.6 Å². The summed E-state index contributed by atoms with van der Waals surface area (Å²) in [4.78, 5) is 12.0. The molecule has 1 aromatic carbocycles. The number of phenolic OH excluding ortho intramolecular Hbond substituents is 1. The molecule has 0 aromatic heterocycles. The lowest BCUT2D eigenvalue weighted by Crippen LogP contribution is -2.51. The number of hydrogen-bond donors (Lipinski definition) is 2. The van der Waals surface area contributed by atoms with Crippen LogP contribution in [0.4, 0.5) is 0 Å². The molecule has 17 heavy (non-hydrogen) atoms. The minimum Gasteiger partial charge on any atom is -0.508 e. The average molecular weight is 235 g/mol. The molecule has 2 rings (SSSR count). The van der Waals surface area contributed by atoms with Crippen molar-refractivity contribution in [1.82, 2.24) is 5.32 Å². The second-order valence-corrected chi connectivity index (χ2v) is 4.72. The van der Waals surface area contributed by atoms with Gasteiger partial charge in [0, 0.05) is 12.2 Å². The summed E-state index contributed by atoms with van der Waals surface area (Å²) in [5.74, 6) is -0.0726. The van der Waals surface area contributed by atoms with Gasteiger partial charge < -0.3 is 15.2 Å². The Kier molecular flexibility index (Phi) is 3.33. The van der Waals surface area contributed by atoms with Crippen LogP contribution in [0.5, 0.6) is 5.75 Å². The molecule has 1 heterocycles. The molecule has 4 heteroatoms. The number of carbonyl (C=O) groups excluding carboxylic acids is 1. The number of benzene rings is 1. The molecular formula is C13H17NO3. The maximum absolute atomic E-state index is 12.0. The zero-order valence-electron chi connectivity index (χ0n) is 9.90. The fraction of sp³-hybridized carbons (Fsp3) is 0.462. The highest BCUT2D eigenvalue weighted by molar-refractivity contribution is 5.95. The Morgan fingerprint density at radius 2 is 2.35 bits per heavy atom. The van der Waals surface area contributed by atoms with Crippen LogP contribution in [0.2, 0.25) is 0 Å². The quantitative estimate of drug-likeness (QED) is 0.820. The highest BCUT2D eigenvalue weighted by Crippen LogP contribution is 2.19. The van der Waals surface area contributed by atoms with Crippen LogP contribution in [0.3, 0.4) is 0 Å². The topological polar surface area (TPSA) is 58.6 Å². The van der Waals surface area contributed by atoms with Crippen molar-refractivity contribution in [2.24, 2.45) is 0 Å². The van der Waals surface area contributed by atoms with E-state index in [4.69, 9.17) is 4.74 Å². The van der Waals surface area contributed by atoms with E-state index in [0.29, 0.717) is 12.2 Å². The summed E-state index contributed by atoms with van der Waals surface area (Å²) >= 11 is 0. The Hall–Kier alpha value is -1.55. The van der Waals surface area contributed by atoms with Crippen LogP contribution in [-0.2, 0) is 4.74 Å². The zero-order chi connectivity index (χ0) is 12.3. The first-order valence-corrected chi connectivity index (χ1v) is 5.78. The standard InChI is InChI=1S/C13H17NO3/c1-13(6-3-7-17-9-13)14-12(16)10-4-2-5-11(15)8-10/h2,4-5,8,15H,3,6-7,9H2,1H3,(H,14,16). The van der Waals surface area contributed by atoms with Crippen molar-refractivity contribution in [3.63, 3.8) is 0 Å². The summed E-state index contributed by atoms with van der Waals surface area (Å²) in [6.07, 6.45) is 1.87. The number of carbonyl (C=O) groups is 1. The maximum atomic E-state index is 12.0. The van der Waals surface area contributed by atoms with Crippen LogP contribution in [-0.4, -0.2) is 29.8 Å². The lowest BCUT2D eigenvalue weighted by Gasteiger charge is -2.34. The molecule has 92 valence electrons. The van der Waals surface area contributed by atoms with E-state index in [0.717, 1.165) is 19.4 Å². The Morgan fingerprint density at radius 1 is 1.53 bits per heavy atom. The third-order valence-corrected chi connectivity index (χ3v) is 2.96. The Bertz CT molecular complexity index is 411. The van der Waals surface area contributed by atoms with Crippen molar-refractivity contribution >= 4 is 5.91 Å². The van der Waals surface area contributed by atoms with E-state index in [1.54, 1.807) is 18.2 Å². The predicted molar refractivity (Wildman–Crippen MR) is 64.0 cm³/mol. The Balaban J connectivity index is 2.06. The predicted octanol–water partition coefficient (Wildman–Crippen LogP) is 1.69. The van der Waals surface area contributed by atoms with Crippen molar-refractivity contribution in [3.8, 4) is 5.75 Å². The minimum absolute atomic E-state index is 0.0997. The lowest BCUT2D eigenvalue weighted by atomic mass is 9.94. The van der Waals surface area contributed by atoms with Crippen LogP contribution in [0.15, 0.2) is 24.3 Å². The minimum atomic E-state index is -0.305.